The summed E-state index contributed by atoms with van der Waals surface area (Å²) >= 11 is 7.30. The summed E-state index contributed by atoms with van der Waals surface area (Å²) in [7, 11) is 1.48. The van der Waals surface area contributed by atoms with Gasteiger partial charge in [0.05, 0.1) is 24.0 Å². The molecule has 0 unspecified atom stereocenters. The van der Waals surface area contributed by atoms with Crippen LogP contribution in [0.1, 0.15) is 17.4 Å². The van der Waals surface area contributed by atoms with Crippen molar-refractivity contribution < 1.29 is 14.3 Å². The zero-order chi connectivity index (χ0) is 17.7. The van der Waals surface area contributed by atoms with Gasteiger partial charge in [-0.05, 0) is 24.5 Å². The van der Waals surface area contributed by atoms with E-state index in [9.17, 15) is 9.59 Å². The minimum Gasteiger partial charge on any atom is -0.495 e. The van der Waals surface area contributed by atoms with Crippen LogP contribution in [0.5, 0.6) is 5.75 Å². The second-order valence-electron chi connectivity index (χ2n) is 4.60. The highest BCUT2D eigenvalue weighted by atomic mass is 35.5. The van der Waals surface area contributed by atoms with Gasteiger partial charge in [-0.1, -0.05) is 23.4 Å². The van der Waals surface area contributed by atoms with E-state index in [0.29, 0.717) is 22.3 Å². The van der Waals surface area contributed by atoms with E-state index < -0.39 is 5.91 Å². The average molecular weight is 367 g/mol. The molecule has 0 aliphatic rings. The third-order valence-electron chi connectivity index (χ3n) is 2.89. The van der Waals surface area contributed by atoms with Crippen molar-refractivity contribution in [1.82, 2.24) is 9.97 Å². The molecule has 1 heterocycles. The highest BCUT2D eigenvalue weighted by molar-refractivity contribution is 7.98. The zero-order valence-electron chi connectivity index (χ0n) is 13.2. The number of anilines is 2. The summed E-state index contributed by atoms with van der Waals surface area (Å²) in [5, 5.41) is 5.90. The smallest absolute Gasteiger partial charge is 0.276 e. The van der Waals surface area contributed by atoms with E-state index in [1.54, 1.807) is 24.5 Å². The fraction of sp³-hybridized carbons (Fsp3) is 0.200. The van der Waals surface area contributed by atoms with Gasteiger partial charge >= 0.3 is 0 Å². The monoisotopic (exact) mass is 366 g/mol. The van der Waals surface area contributed by atoms with Crippen molar-refractivity contribution in [3.8, 4) is 5.75 Å². The third kappa shape index (κ3) is 4.36. The molecule has 2 amide bonds. The Kier molecular flexibility index (Phi) is 5.99. The first-order valence-electron chi connectivity index (χ1n) is 6.78. The number of methoxy groups -OCH3 is 1. The van der Waals surface area contributed by atoms with Gasteiger partial charge in [-0.15, -0.1) is 0 Å². The molecular weight excluding hydrogens is 352 g/mol. The van der Waals surface area contributed by atoms with Gasteiger partial charge in [0.1, 0.15) is 5.75 Å². The number of rotatable bonds is 5. The first-order valence-corrected chi connectivity index (χ1v) is 8.38. The standard InChI is InChI=1S/C15H15ClN4O3S/c1-8(21)18-9-4-5-12(23-2)11(6-9)19-14(22)13-10(16)7-17-15(20-13)24-3/h4-7H,1-3H3,(H,18,21)(H,19,22). The summed E-state index contributed by atoms with van der Waals surface area (Å²) in [4.78, 5) is 31.7. The Balaban J connectivity index is 2.32. The minimum atomic E-state index is -0.504. The molecule has 0 aliphatic carbocycles. The molecule has 2 N–H and O–H groups in total. The molecule has 0 fully saturated rings. The number of carbonyl (C=O) groups excluding carboxylic acids is 2. The Hall–Kier alpha value is -2.32. The zero-order valence-corrected chi connectivity index (χ0v) is 14.8. The Labute approximate surface area is 148 Å². The van der Waals surface area contributed by atoms with E-state index in [1.165, 1.54) is 32.0 Å². The lowest BCUT2D eigenvalue weighted by molar-refractivity contribution is -0.114. The number of amides is 2. The highest BCUT2D eigenvalue weighted by Gasteiger charge is 2.16. The highest BCUT2D eigenvalue weighted by Crippen LogP contribution is 2.29. The maximum atomic E-state index is 12.5. The van der Waals surface area contributed by atoms with Crippen LogP contribution in [0.25, 0.3) is 0 Å². The molecule has 0 radical (unpaired) electrons. The number of halogens is 1. The van der Waals surface area contributed by atoms with Gasteiger partial charge in [0.2, 0.25) is 5.91 Å². The molecule has 2 aromatic rings. The molecular formula is C15H15ClN4O3S. The number of aromatic nitrogens is 2. The molecule has 0 atom stereocenters. The number of benzene rings is 1. The topological polar surface area (TPSA) is 93.2 Å². The van der Waals surface area contributed by atoms with Crippen molar-refractivity contribution in [2.45, 2.75) is 12.1 Å². The summed E-state index contributed by atoms with van der Waals surface area (Å²) in [5.41, 5.74) is 0.967. The van der Waals surface area contributed by atoms with E-state index in [1.807, 2.05) is 0 Å². The normalized spacial score (nSPS) is 10.2. The van der Waals surface area contributed by atoms with E-state index in [0.717, 1.165) is 0 Å². The van der Waals surface area contributed by atoms with Crippen LogP contribution in [0, 0.1) is 0 Å². The maximum Gasteiger partial charge on any atom is 0.276 e. The molecule has 0 saturated heterocycles. The van der Waals surface area contributed by atoms with Gasteiger partial charge < -0.3 is 15.4 Å². The molecule has 1 aromatic heterocycles. The molecule has 126 valence electrons. The number of hydrogen-bond donors (Lipinski definition) is 2. The van der Waals surface area contributed by atoms with Crippen LogP contribution >= 0.6 is 23.4 Å². The lowest BCUT2D eigenvalue weighted by Crippen LogP contribution is -2.16. The van der Waals surface area contributed by atoms with E-state index in [-0.39, 0.29) is 16.6 Å². The van der Waals surface area contributed by atoms with E-state index >= 15 is 0 Å². The number of ether oxygens (including phenoxy) is 1. The fourth-order valence-corrected chi connectivity index (χ4v) is 2.39. The summed E-state index contributed by atoms with van der Waals surface area (Å²) in [6.07, 6.45) is 3.17. The second kappa shape index (κ2) is 7.98. The van der Waals surface area contributed by atoms with Crippen LogP contribution in [0.2, 0.25) is 5.02 Å². The van der Waals surface area contributed by atoms with Crippen LogP contribution in [0.3, 0.4) is 0 Å². The Morgan fingerprint density at radius 1 is 1.29 bits per heavy atom. The number of thioether (sulfide) groups is 1. The summed E-state index contributed by atoms with van der Waals surface area (Å²) in [5.74, 6) is -0.287. The van der Waals surface area contributed by atoms with Crippen LogP contribution in [0.4, 0.5) is 11.4 Å². The van der Waals surface area contributed by atoms with Crippen LogP contribution in [-0.4, -0.2) is 35.1 Å². The van der Waals surface area contributed by atoms with Crippen molar-refractivity contribution in [3.05, 3.63) is 35.1 Å². The Morgan fingerprint density at radius 3 is 2.67 bits per heavy atom. The second-order valence-corrected chi connectivity index (χ2v) is 5.78. The van der Waals surface area contributed by atoms with Crippen molar-refractivity contribution in [2.75, 3.05) is 24.0 Å². The number of nitrogens with one attached hydrogen (secondary N) is 2. The summed E-state index contributed by atoms with van der Waals surface area (Å²) in [6.45, 7) is 1.40. The van der Waals surface area contributed by atoms with Crippen LogP contribution < -0.4 is 15.4 Å². The molecule has 24 heavy (non-hydrogen) atoms. The summed E-state index contributed by atoms with van der Waals surface area (Å²) in [6, 6.07) is 4.89. The number of nitrogens with zero attached hydrogens (tertiary/aromatic N) is 2. The molecule has 0 saturated carbocycles. The largest absolute Gasteiger partial charge is 0.495 e. The van der Waals surface area contributed by atoms with Crippen molar-refractivity contribution in [1.29, 1.82) is 0 Å². The van der Waals surface area contributed by atoms with Gasteiger partial charge in [0.15, 0.2) is 10.9 Å². The van der Waals surface area contributed by atoms with Crippen LogP contribution in [0.15, 0.2) is 29.6 Å². The van der Waals surface area contributed by atoms with Gasteiger partial charge in [-0.3, -0.25) is 9.59 Å². The van der Waals surface area contributed by atoms with Crippen LogP contribution in [-0.2, 0) is 4.79 Å². The van der Waals surface area contributed by atoms with Crippen molar-refractivity contribution in [2.24, 2.45) is 0 Å². The SMILES string of the molecule is COc1ccc(NC(C)=O)cc1NC(=O)c1nc(SC)ncc1Cl. The quantitative estimate of drug-likeness (QED) is 0.624. The van der Waals surface area contributed by atoms with Gasteiger partial charge in [0, 0.05) is 12.6 Å². The van der Waals surface area contributed by atoms with E-state index in [4.69, 9.17) is 16.3 Å². The van der Waals surface area contributed by atoms with Gasteiger partial charge in [0.25, 0.3) is 5.91 Å². The molecule has 7 nitrogen and oxygen atoms in total. The Morgan fingerprint density at radius 2 is 2.04 bits per heavy atom. The molecule has 0 bridgehead atoms. The van der Waals surface area contributed by atoms with Crippen molar-refractivity contribution in [3.63, 3.8) is 0 Å². The Bertz CT molecular complexity index is 785. The molecule has 2 rings (SSSR count). The van der Waals surface area contributed by atoms with Crippen molar-refractivity contribution >= 4 is 46.6 Å². The first kappa shape index (κ1) is 18.0. The predicted octanol–water partition coefficient (Wildman–Crippen LogP) is 3.07. The fourth-order valence-electron chi connectivity index (χ4n) is 1.88. The first-order chi connectivity index (χ1) is 11.4. The molecule has 0 aliphatic heterocycles. The summed E-state index contributed by atoms with van der Waals surface area (Å²) < 4.78 is 5.22. The van der Waals surface area contributed by atoms with Gasteiger partial charge in [-0.2, -0.15) is 0 Å². The molecule has 9 heteroatoms. The average Bonchev–Trinajstić information content (AvgIpc) is 2.55. The predicted molar refractivity (Wildman–Crippen MR) is 94.1 cm³/mol. The number of hydrogen-bond acceptors (Lipinski definition) is 6. The molecule has 0 spiro atoms. The third-order valence-corrected chi connectivity index (χ3v) is 3.73. The number of carbonyl (C=O) groups is 2. The maximum absolute atomic E-state index is 12.5. The minimum absolute atomic E-state index is 0.0583. The molecule has 1 aromatic carbocycles. The van der Waals surface area contributed by atoms with Gasteiger partial charge in [-0.25, -0.2) is 9.97 Å². The van der Waals surface area contributed by atoms with E-state index in [2.05, 4.69) is 20.6 Å². The lowest BCUT2D eigenvalue weighted by atomic mass is 10.2. The lowest BCUT2D eigenvalue weighted by Gasteiger charge is -2.12.